The predicted octanol–water partition coefficient (Wildman–Crippen LogP) is 2.99. The molecular weight excluding hydrogens is 368 g/mol. The van der Waals surface area contributed by atoms with Crippen LogP contribution in [0.1, 0.15) is 34.3 Å². The summed E-state index contributed by atoms with van der Waals surface area (Å²) in [5.74, 6) is -0.968. The van der Waals surface area contributed by atoms with Gasteiger partial charge in [0, 0.05) is 24.7 Å². The molecule has 6 heteroatoms. The van der Waals surface area contributed by atoms with Crippen LogP contribution in [-0.2, 0) is 16.8 Å². The van der Waals surface area contributed by atoms with Crippen LogP contribution < -0.4 is 0 Å². The SMILES string of the molecule is O=C(O)Cc1cccc(C2(O)CCN(C(=O)c3ccnc4ccccc34)CC2)c1. The van der Waals surface area contributed by atoms with Crippen LogP contribution in [0.25, 0.3) is 10.9 Å². The van der Waals surface area contributed by atoms with Crippen LogP contribution in [0.4, 0.5) is 0 Å². The number of amides is 1. The monoisotopic (exact) mass is 390 g/mol. The Balaban J connectivity index is 1.51. The zero-order valence-electron chi connectivity index (χ0n) is 15.9. The maximum absolute atomic E-state index is 13.1. The fourth-order valence-corrected chi connectivity index (χ4v) is 3.97. The van der Waals surface area contributed by atoms with E-state index in [2.05, 4.69) is 4.98 Å². The van der Waals surface area contributed by atoms with Crippen molar-refractivity contribution in [2.24, 2.45) is 0 Å². The van der Waals surface area contributed by atoms with Gasteiger partial charge in [-0.3, -0.25) is 14.6 Å². The summed E-state index contributed by atoms with van der Waals surface area (Å²) in [6, 6.07) is 16.4. The molecule has 0 atom stereocenters. The minimum atomic E-state index is -1.06. The Morgan fingerprint density at radius 3 is 2.55 bits per heavy atom. The summed E-state index contributed by atoms with van der Waals surface area (Å²) in [5, 5.41) is 21.0. The first-order valence-corrected chi connectivity index (χ1v) is 9.63. The lowest BCUT2D eigenvalue weighted by Crippen LogP contribution is -2.45. The number of benzene rings is 2. The predicted molar refractivity (Wildman–Crippen MR) is 109 cm³/mol. The number of carbonyl (C=O) groups is 2. The molecule has 148 valence electrons. The molecule has 2 aromatic carbocycles. The first kappa shape index (κ1) is 19.1. The highest BCUT2D eigenvalue weighted by Gasteiger charge is 2.36. The number of likely N-dealkylation sites (tertiary alicyclic amines) is 1. The fourth-order valence-electron chi connectivity index (χ4n) is 3.97. The van der Waals surface area contributed by atoms with Gasteiger partial charge in [0.05, 0.1) is 23.1 Å². The van der Waals surface area contributed by atoms with E-state index < -0.39 is 11.6 Å². The highest BCUT2D eigenvalue weighted by Crippen LogP contribution is 2.34. The molecule has 29 heavy (non-hydrogen) atoms. The van der Waals surface area contributed by atoms with Crippen molar-refractivity contribution in [3.8, 4) is 0 Å². The number of carbonyl (C=O) groups excluding carboxylic acids is 1. The highest BCUT2D eigenvalue weighted by molar-refractivity contribution is 6.06. The average molecular weight is 390 g/mol. The van der Waals surface area contributed by atoms with Gasteiger partial charge in [-0.2, -0.15) is 0 Å². The van der Waals surface area contributed by atoms with Gasteiger partial charge in [-0.15, -0.1) is 0 Å². The molecule has 1 saturated heterocycles. The lowest BCUT2D eigenvalue weighted by molar-refractivity contribution is -0.136. The molecule has 3 aromatic rings. The number of aliphatic carboxylic acids is 1. The molecule has 4 rings (SSSR count). The number of carboxylic acids is 1. The Morgan fingerprint density at radius 1 is 1.03 bits per heavy atom. The van der Waals surface area contributed by atoms with Crippen molar-refractivity contribution >= 4 is 22.8 Å². The number of hydrogen-bond acceptors (Lipinski definition) is 4. The van der Waals surface area contributed by atoms with Gasteiger partial charge < -0.3 is 15.1 Å². The largest absolute Gasteiger partial charge is 0.481 e. The van der Waals surface area contributed by atoms with Crippen LogP contribution in [0, 0.1) is 0 Å². The Bertz CT molecular complexity index is 1070. The Kier molecular flexibility index (Phi) is 5.03. The second-order valence-corrected chi connectivity index (χ2v) is 7.47. The first-order valence-electron chi connectivity index (χ1n) is 9.63. The van der Waals surface area contributed by atoms with E-state index in [0.29, 0.717) is 42.6 Å². The van der Waals surface area contributed by atoms with E-state index in [4.69, 9.17) is 5.11 Å². The molecule has 1 aromatic heterocycles. The van der Waals surface area contributed by atoms with Gasteiger partial charge in [-0.1, -0.05) is 42.5 Å². The molecule has 0 bridgehead atoms. The number of rotatable bonds is 4. The van der Waals surface area contributed by atoms with Crippen molar-refractivity contribution in [1.29, 1.82) is 0 Å². The zero-order valence-corrected chi connectivity index (χ0v) is 15.9. The van der Waals surface area contributed by atoms with Gasteiger partial charge in [-0.25, -0.2) is 0 Å². The minimum Gasteiger partial charge on any atom is -0.481 e. The number of hydrogen-bond donors (Lipinski definition) is 2. The Morgan fingerprint density at radius 2 is 1.79 bits per heavy atom. The number of para-hydroxylation sites is 1. The van der Waals surface area contributed by atoms with Crippen molar-refractivity contribution in [1.82, 2.24) is 9.88 Å². The molecule has 6 nitrogen and oxygen atoms in total. The average Bonchev–Trinajstić information content (AvgIpc) is 2.73. The summed E-state index contributed by atoms with van der Waals surface area (Å²) >= 11 is 0. The van der Waals surface area contributed by atoms with Gasteiger partial charge >= 0.3 is 5.97 Å². The van der Waals surface area contributed by atoms with Crippen LogP contribution in [0.5, 0.6) is 0 Å². The minimum absolute atomic E-state index is 0.0646. The van der Waals surface area contributed by atoms with E-state index >= 15 is 0 Å². The summed E-state index contributed by atoms with van der Waals surface area (Å²) in [5.41, 5.74) is 1.69. The third-order valence-corrected chi connectivity index (χ3v) is 5.58. The first-order chi connectivity index (χ1) is 14.0. The molecule has 0 saturated carbocycles. The van der Waals surface area contributed by atoms with E-state index in [0.717, 1.165) is 10.9 Å². The van der Waals surface area contributed by atoms with E-state index in [-0.39, 0.29) is 12.3 Å². The normalized spacial score (nSPS) is 16.0. The second kappa shape index (κ2) is 7.64. The molecule has 0 aliphatic carbocycles. The molecule has 1 aliphatic heterocycles. The molecule has 2 heterocycles. The van der Waals surface area contributed by atoms with Gasteiger partial charge in [0.15, 0.2) is 0 Å². The number of pyridine rings is 1. The van der Waals surface area contributed by atoms with Crippen molar-refractivity contribution in [3.05, 3.63) is 77.5 Å². The van der Waals surface area contributed by atoms with E-state index in [1.54, 1.807) is 35.4 Å². The summed E-state index contributed by atoms with van der Waals surface area (Å²) in [4.78, 5) is 30.1. The number of carboxylic acid groups (broad SMARTS) is 1. The standard InChI is InChI=1S/C23H22N2O4/c26-21(27)15-16-4-3-5-17(14-16)23(29)9-12-25(13-10-23)22(28)19-8-11-24-20-7-2-1-6-18(19)20/h1-8,11,14,29H,9-10,12-13,15H2,(H,26,27). The number of piperidine rings is 1. The summed E-state index contributed by atoms with van der Waals surface area (Å²) in [6.45, 7) is 0.851. The van der Waals surface area contributed by atoms with Crippen molar-refractivity contribution in [2.45, 2.75) is 24.9 Å². The lowest BCUT2D eigenvalue weighted by atomic mass is 9.83. The van der Waals surface area contributed by atoms with Crippen LogP contribution in [-0.4, -0.2) is 45.1 Å². The van der Waals surface area contributed by atoms with Gasteiger partial charge in [0.1, 0.15) is 0 Å². The molecule has 0 unspecified atom stereocenters. The summed E-state index contributed by atoms with van der Waals surface area (Å²) < 4.78 is 0. The molecule has 0 radical (unpaired) electrons. The molecule has 1 amide bonds. The smallest absolute Gasteiger partial charge is 0.307 e. The maximum Gasteiger partial charge on any atom is 0.307 e. The van der Waals surface area contributed by atoms with Gasteiger partial charge in [-0.05, 0) is 36.1 Å². The fraction of sp³-hybridized carbons (Fsp3) is 0.261. The third-order valence-electron chi connectivity index (χ3n) is 5.58. The van der Waals surface area contributed by atoms with Gasteiger partial charge in [0.25, 0.3) is 5.91 Å². The van der Waals surface area contributed by atoms with Crippen molar-refractivity contribution in [2.75, 3.05) is 13.1 Å². The molecule has 1 aliphatic rings. The van der Waals surface area contributed by atoms with E-state index in [1.807, 2.05) is 30.3 Å². The Hall–Kier alpha value is -3.25. The number of fused-ring (bicyclic) bond motifs is 1. The van der Waals surface area contributed by atoms with Crippen molar-refractivity contribution in [3.63, 3.8) is 0 Å². The van der Waals surface area contributed by atoms with Crippen LogP contribution in [0.15, 0.2) is 60.8 Å². The molecule has 2 N–H and O–H groups in total. The highest BCUT2D eigenvalue weighted by atomic mass is 16.4. The van der Waals surface area contributed by atoms with E-state index in [9.17, 15) is 14.7 Å². The topological polar surface area (TPSA) is 90.7 Å². The molecule has 0 spiro atoms. The second-order valence-electron chi connectivity index (χ2n) is 7.47. The lowest BCUT2D eigenvalue weighted by Gasteiger charge is -2.38. The maximum atomic E-state index is 13.1. The van der Waals surface area contributed by atoms with Crippen LogP contribution in [0.2, 0.25) is 0 Å². The van der Waals surface area contributed by atoms with Crippen LogP contribution in [0.3, 0.4) is 0 Å². The number of nitrogens with zero attached hydrogens (tertiary/aromatic N) is 2. The molecule has 1 fully saturated rings. The van der Waals surface area contributed by atoms with E-state index in [1.165, 1.54) is 0 Å². The number of aromatic nitrogens is 1. The zero-order chi connectivity index (χ0) is 20.4. The molecular formula is C23H22N2O4. The van der Waals surface area contributed by atoms with Crippen LogP contribution >= 0.6 is 0 Å². The Labute approximate surface area is 168 Å². The van der Waals surface area contributed by atoms with Gasteiger partial charge in [0.2, 0.25) is 0 Å². The summed E-state index contributed by atoms with van der Waals surface area (Å²) in [7, 11) is 0. The van der Waals surface area contributed by atoms with Crippen molar-refractivity contribution < 1.29 is 19.8 Å². The number of aliphatic hydroxyl groups is 1. The third kappa shape index (κ3) is 3.84. The summed E-state index contributed by atoms with van der Waals surface area (Å²) in [6.07, 6.45) is 2.37. The quantitative estimate of drug-likeness (QED) is 0.715.